The van der Waals surface area contributed by atoms with Gasteiger partial charge in [0, 0.05) is 5.56 Å². The van der Waals surface area contributed by atoms with E-state index in [9.17, 15) is 9.50 Å². The number of aliphatic hydroxyl groups is 1. The fraction of sp³-hybridized carbons (Fsp3) is 0.500. The van der Waals surface area contributed by atoms with Gasteiger partial charge in [0.15, 0.2) is 0 Å². The Hall–Kier alpha value is -1.13. The summed E-state index contributed by atoms with van der Waals surface area (Å²) in [6, 6.07) is 3.59. The Morgan fingerprint density at radius 3 is 2.75 bits per heavy atom. The summed E-state index contributed by atoms with van der Waals surface area (Å²) >= 11 is 0. The predicted molar refractivity (Wildman–Crippen MR) is 58.6 cm³/mol. The molecule has 2 atom stereocenters. The Kier molecular flexibility index (Phi) is 3.12. The Morgan fingerprint density at radius 1 is 1.50 bits per heavy atom. The summed E-state index contributed by atoms with van der Waals surface area (Å²) in [7, 11) is 1.51. The van der Waals surface area contributed by atoms with Gasteiger partial charge in [0.2, 0.25) is 0 Å². The first-order valence-corrected chi connectivity index (χ1v) is 5.40. The lowest BCUT2D eigenvalue weighted by molar-refractivity contribution is 0.121. The molecular weight excluding hydrogens is 209 g/mol. The number of benzene rings is 1. The Balaban J connectivity index is 2.26. The van der Waals surface area contributed by atoms with E-state index < -0.39 is 12.1 Å². The molecule has 1 saturated carbocycles. The molecule has 0 saturated heterocycles. The van der Waals surface area contributed by atoms with Crippen molar-refractivity contribution in [3.63, 3.8) is 0 Å². The van der Waals surface area contributed by atoms with Crippen LogP contribution >= 0.6 is 0 Å². The zero-order valence-electron chi connectivity index (χ0n) is 9.19. The van der Waals surface area contributed by atoms with Crippen molar-refractivity contribution in [2.24, 2.45) is 11.7 Å². The van der Waals surface area contributed by atoms with Crippen molar-refractivity contribution in [3.8, 4) is 5.75 Å². The highest BCUT2D eigenvalue weighted by atomic mass is 19.1. The molecule has 1 aromatic rings. The molecule has 3 nitrogen and oxygen atoms in total. The number of rotatable bonds is 4. The van der Waals surface area contributed by atoms with Crippen molar-refractivity contribution < 1.29 is 14.2 Å². The molecule has 0 unspecified atom stereocenters. The fourth-order valence-corrected chi connectivity index (χ4v) is 1.88. The third-order valence-electron chi connectivity index (χ3n) is 3.02. The van der Waals surface area contributed by atoms with Crippen molar-refractivity contribution in [1.82, 2.24) is 0 Å². The first kappa shape index (κ1) is 11.4. The molecule has 16 heavy (non-hydrogen) atoms. The minimum absolute atomic E-state index is 0.253. The van der Waals surface area contributed by atoms with Gasteiger partial charge >= 0.3 is 0 Å². The van der Waals surface area contributed by atoms with Crippen molar-refractivity contribution in [2.45, 2.75) is 25.0 Å². The van der Waals surface area contributed by atoms with Gasteiger partial charge in [-0.3, -0.25) is 0 Å². The standard InChI is InChI=1S/C12H16FNO2/c1-16-10-5-4-8(13)6-9(10)11(14)12(15)7-2-3-7/h4-7,11-12,15H,2-3,14H2,1H3/t11-,12+/m1/s1. The SMILES string of the molecule is COc1ccc(F)cc1[C@@H](N)[C@@H](O)C1CC1. The normalized spacial score (nSPS) is 19.2. The van der Waals surface area contributed by atoms with Crippen LogP contribution in [0.15, 0.2) is 18.2 Å². The minimum Gasteiger partial charge on any atom is -0.496 e. The molecule has 0 heterocycles. The first-order valence-electron chi connectivity index (χ1n) is 5.40. The summed E-state index contributed by atoms with van der Waals surface area (Å²) in [5.74, 6) is 0.408. The highest BCUT2D eigenvalue weighted by Crippen LogP contribution is 2.39. The van der Waals surface area contributed by atoms with Crippen LogP contribution in [0.1, 0.15) is 24.4 Å². The van der Waals surface area contributed by atoms with E-state index in [2.05, 4.69) is 0 Å². The first-order chi connectivity index (χ1) is 7.63. The maximum atomic E-state index is 13.1. The van der Waals surface area contributed by atoms with Crippen LogP contribution in [0.2, 0.25) is 0 Å². The summed E-state index contributed by atoms with van der Waals surface area (Å²) in [6.07, 6.45) is 1.37. The van der Waals surface area contributed by atoms with Crippen LogP contribution in [0, 0.1) is 11.7 Å². The zero-order chi connectivity index (χ0) is 11.7. The molecule has 0 radical (unpaired) electrons. The van der Waals surface area contributed by atoms with Gasteiger partial charge in [-0.15, -0.1) is 0 Å². The van der Waals surface area contributed by atoms with E-state index in [0.29, 0.717) is 11.3 Å². The lowest BCUT2D eigenvalue weighted by atomic mass is 9.98. The molecular formula is C12H16FNO2. The topological polar surface area (TPSA) is 55.5 Å². The van der Waals surface area contributed by atoms with Crippen molar-refractivity contribution >= 4 is 0 Å². The van der Waals surface area contributed by atoms with Crippen molar-refractivity contribution in [3.05, 3.63) is 29.6 Å². The van der Waals surface area contributed by atoms with E-state index >= 15 is 0 Å². The number of halogens is 1. The Morgan fingerprint density at radius 2 is 2.19 bits per heavy atom. The monoisotopic (exact) mass is 225 g/mol. The summed E-state index contributed by atoms with van der Waals surface area (Å²) in [4.78, 5) is 0. The van der Waals surface area contributed by atoms with Gasteiger partial charge in [0.25, 0.3) is 0 Å². The molecule has 0 amide bonds. The Bertz CT molecular complexity index is 379. The predicted octanol–water partition coefficient (Wildman–Crippen LogP) is 1.60. The smallest absolute Gasteiger partial charge is 0.123 e. The molecule has 0 aliphatic heterocycles. The van der Waals surface area contributed by atoms with Crippen LogP contribution < -0.4 is 10.5 Å². The van der Waals surface area contributed by atoms with E-state index in [0.717, 1.165) is 12.8 Å². The van der Waals surface area contributed by atoms with Crippen LogP contribution in [0.3, 0.4) is 0 Å². The number of ether oxygens (including phenoxy) is 1. The van der Waals surface area contributed by atoms with Gasteiger partial charge in [-0.25, -0.2) is 4.39 Å². The van der Waals surface area contributed by atoms with Gasteiger partial charge in [0.1, 0.15) is 11.6 Å². The van der Waals surface area contributed by atoms with E-state index in [-0.39, 0.29) is 11.7 Å². The van der Waals surface area contributed by atoms with Crippen molar-refractivity contribution in [1.29, 1.82) is 0 Å². The van der Waals surface area contributed by atoms with Gasteiger partial charge in [-0.05, 0) is 37.0 Å². The lowest BCUT2D eigenvalue weighted by Gasteiger charge is -2.20. The van der Waals surface area contributed by atoms with Crippen LogP contribution in [-0.4, -0.2) is 18.3 Å². The number of methoxy groups -OCH3 is 1. The number of hydrogen-bond acceptors (Lipinski definition) is 3. The average molecular weight is 225 g/mol. The van der Waals surface area contributed by atoms with Gasteiger partial charge in [0.05, 0.1) is 19.3 Å². The van der Waals surface area contributed by atoms with Crippen LogP contribution in [-0.2, 0) is 0 Å². The maximum Gasteiger partial charge on any atom is 0.123 e. The van der Waals surface area contributed by atoms with E-state index in [1.54, 1.807) is 0 Å². The summed E-state index contributed by atoms with van der Waals surface area (Å²) in [6.45, 7) is 0. The third kappa shape index (κ3) is 2.18. The second-order valence-corrected chi connectivity index (χ2v) is 4.24. The Labute approximate surface area is 94.0 Å². The molecule has 88 valence electrons. The second kappa shape index (κ2) is 4.39. The molecule has 4 heteroatoms. The second-order valence-electron chi connectivity index (χ2n) is 4.24. The molecule has 1 aliphatic carbocycles. The summed E-state index contributed by atoms with van der Waals surface area (Å²) in [5, 5.41) is 9.92. The lowest BCUT2D eigenvalue weighted by Crippen LogP contribution is -2.28. The van der Waals surface area contributed by atoms with Crippen LogP contribution in [0.5, 0.6) is 5.75 Å². The fourth-order valence-electron chi connectivity index (χ4n) is 1.88. The van der Waals surface area contributed by atoms with Crippen LogP contribution in [0.25, 0.3) is 0 Å². The van der Waals surface area contributed by atoms with Gasteiger partial charge in [-0.2, -0.15) is 0 Å². The highest BCUT2D eigenvalue weighted by molar-refractivity contribution is 5.37. The van der Waals surface area contributed by atoms with E-state index in [4.69, 9.17) is 10.5 Å². The summed E-state index contributed by atoms with van der Waals surface area (Å²) in [5.41, 5.74) is 6.46. The molecule has 3 N–H and O–H groups in total. The molecule has 1 fully saturated rings. The third-order valence-corrected chi connectivity index (χ3v) is 3.02. The quantitative estimate of drug-likeness (QED) is 0.818. The molecule has 2 rings (SSSR count). The highest BCUT2D eigenvalue weighted by Gasteiger charge is 2.35. The van der Waals surface area contributed by atoms with Gasteiger partial charge < -0.3 is 15.6 Å². The maximum absolute atomic E-state index is 13.1. The molecule has 0 bridgehead atoms. The molecule has 0 spiro atoms. The van der Waals surface area contributed by atoms with E-state index in [1.165, 1.54) is 25.3 Å². The minimum atomic E-state index is -0.615. The molecule has 0 aromatic heterocycles. The summed E-state index contributed by atoms with van der Waals surface area (Å²) < 4.78 is 18.2. The number of nitrogens with two attached hydrogens (primary N) is 1. The number of hydrogen-bond donors (Lipinski definition) is 2. The van der Waals surface area contributed by atoms with E-state index in [1.807, 2.05) is 0 Å². The molecule has 1 aromatic carbocycles. The van der Waals surface area contributed by atoms with Crippen molar-refractivity contribution in [2.75, 3.05) is 7.11 Å². The van der Waals surface area contributed by atoms with Gasteiger partial charge in [-0.1, -0.05) is 0 Å². The average Bonchev–Trinajstić information content (AvgIpc) is 3.11. The van der Waals surface area contributed by atoms with Crippen LogP contribution in [0.4, 0.5) is 4.39 Å². The largest absolute Gasteiger partial charge is 0.496 e. The zero-order valence-corrected chi connectivity index (χ0v) is 9.19. The number of aliphatic hydroxyl groups excluding tert-OH is 1. The molecule has 1 aliphatic rings.